The minimum atomic E-state index is 0.612. The van der Waals surface area contributed by atoms with Crippen molar-refractivity contribution >= 4 is 5.96 Å². The second-order valence-electron chi connectivity index (χ2n) is 3.58. The number of hydrogen-bond donors (Lipinski definition) is 1. The molecule has 3 nitrogen and oxygen atoms in total. The highest BCUT2D eigenvalue weighted by Gasteiger charge is 2.01. The molecule has 3 heteroatoms. The molecular formula is C12H19N3. The van der Waals surface area contributed by atoms with E-state index < -0.39 is 0 Å². The number of rotatable bonds is 4. The average molecular weight is 205 g/mol. The van der Waals surface area contributed by atoms with E-state index in [-0.39, 0.29) is 0 Å². The number of guanidine groups is 1. The van der Waals surface area contributed by atoms with Gasteiger partial charge < -0.3 is 10.6 Å². The molecule has 0 saturated carbocycles. The van der Waals surface area contributed by atoms with Gasteiger partial charge in [0, 0.05) is 20.1 Å². The summed E-state index contributed by atoms with van der Waals surface area (Å²) in [6.07, 6.45) is 1.03. The zero-order valence-electron chi connectivity index (χ0n) is 9.48. The first-order valence-electron chi connectivity index (χ1n) is 5.29. The lowest BCUT2D eigenvalue weighted by molar-refractivity contribution is 0.492. The first kappa shape index (κ1) is 11.6. The predicted octanol–water partition coefficient (Wildman–Crippen LogP) is 1.84. The first-order chi connectivity index (χ1) is 7.24. The van der Waals surface area contributed by atoms with Crippen molar-refractivity contribution in [1.29, 1.82) is 0 Å². The summed E-state index contributed by atoms with van der Waals surface area (Å²) in [5.41, 5.74) is 7.07. The van der Waals surface area contributed by atoms with E-state index in [9.17, 15) is 0 Å². The van der Waals surface area contributed by atoms with E-state index in [1.807, 2.05) is 30.1 Å². The molecule has 82 valence electrons. The predicted molar refractivity (Wildman–Crippen MR) is 64.7 cm³/mol. The fraction of sp³-hybridized carbons (Fsp3) is 0.417. The minimum absolute atomic E-state index is 0.612. The number of nitrogens with two attached hydrogens (primary N) is 1. The van der Waals surface area contributed by atoms with Crippen LogP contribution in [-0.2, 0) is 6.54 Å². The first-order valence-corrected chi connectivity index (χ1v) is 5.29. The summed E-state index contributed by atoms with van der Waals surface area (Å²) in [6.45, 7) is 3.69. The van der Waals surface area contributed by atoms with E-state index in [0.717, 1.165) is 19.5 Å². The van der Waals surface area contributed by atoms with Crippen molar-refractivity contribution in [2.75, 3.05) is 13.6 Å². The van der Waals surface area contributed by atoms with Crippen molar-refractivity contribution in [3.05, 3.63) is 35.9 Å². The molecule has 0 radical (unpaired) electrons. The molecule has 0 aromatic heterocycles. The van der Waals surface area contributed by atoms with Gasteiger partial charge in [0.1, 0.15) is 0 Å². The Bertz CT molecular complexity index is 306. The fourth-order valence-corrected chi connectivity index (χ4v) is 1.29. The summed E-state index contributed by atoms with van der Waals surface area (Å²) >= 11 is 0. The maximum atomic E-state index is 5.83. The Morgan fingerprint density at radius 1 is 1.33 bits per heavy atom. The summed E-state index contributed by atoms with van der Waals surface area (Å²) < 4.78 is 0. The molecule has 0 heterocycles. The van der Waals surface area contributed by atoms with Crippen molar-refractivity contribution in [3.8, 4) is 0 Å². The molecule has 15 heavy (non-hydrogen) atoms. The van der Waals surface area contributed by atoms with Crippen molar-refractivity contribution < 1.29 is 0 Å². The maximum absolute atomic E-state index is 5.83. The van der Waals surface area contributed by atoms with Gasteiger partial charge in [-0.25, -0.2) is 0 Å². The van der Waals surface area contributed by atoms with Crippen molar-refractivity contribution in [2.45, 2.75) is 19.9 Å². The smallest absolute Gasteiger partial charge is 0.191 e. The summed E-state index contributed by atoms with van der Waals surface area (Å²) in [6, 6.07) is 10.2. The Morgan fingerprint density at radius 3 is 2.60 bits per heavy atom. The molecule has 1 aromatic rings. The molecule has 0 atom stereocenters. The Hall–Kier alpha value is -1.51. The van der Waals surface area contributed by atoms with Crippen molar-refractivity contribution in [2.24, 2.45) is 10.7 Å². The van der Waals surface area contributed by atoms with Gasteiger partial charge in [-0.3, -0.25) is 4.99 Å². The van der Waals surface area contributed by atoms with Crippen LogP contribution in [0.1, 0.15) is 18.9 Å². The molecule has 0 amide bonds. The number of nitrogens with zero attached hydrogens (tertiary/aromatic N) is 2. The molecule has 0 aliphatic carbocycles. The largest absolute Gasteiger partial charge is 0.370 e. The van der Waals surface area contributed by atoms with E-state index in [4.69, 9.17) is 5.73 Å². The lowest BCUT2D eigenvalue weighted by Gasteiger charge is -2.17. The normalized spacial score (nSPS) is 11.5. The fourth-order valence-electron chi connectivity index (χ4n) is 1.29. The Labute approximate surface area is 91.6 Å². The van der Waals surface area contributed by atoms with Gasteiger partial charge in [0.2, 0.25) is 0 Å². The summed E-state index contributed by atoms with van der Waals surface area (Å²) in [5.74, 6) is 0.612. The van der Waals surface area contributed by atoms with E-state index in [1.54, 1.807) is 0 Å². The van der Waals surface area contributed by atoms with Gasteiger partial charge >= 0.3 is 0 Å². The number of hydrogen-bond acceptors (Lipinski definition) is 1. The van der Waals surface area contributed by atoms with Crippen LogP contribution in [0, 0.1) is 0 Å². The third-order valence-corrected chi connectivity index (χ3v) is 2.15. The number of aliphatic imine (C=N–C) groups is 1. The minimum Gasteiger partial charge on any atom is -0.370 e. The van der Waals surface area contributed by atoms with Gasteiger partial charge in [0.25, 0.3) is 0 Å². The lowest BCUT2D eigenvalue weighted by Crippen LogP contribution is -2.33. The summed E-state index contributed by atoms with van der Waals surface area (Å²) in [7, 11) is 1.96. The third-order valence-electron chi connectivity index (χ3n) is 2.15. The highest BCUT2D eigenvalue weighted by atomic mass is 15.2. The van der Waals surface area contributed by atoms with Crippen LogP contribution < -0.4 is 5.73 Å². The van der Waals surface area contributed by atoms with Gasteiger partial charge in [0.15, 0.2) is 5.96 Å². The average Bonchev–Trinajstić information content (AvgIpc) is 2.27. The zero-order valence-corrected chi connectivity index (χ0v) is 9.48. The zero-order chi connectivity index (χ0) is 11.1. The molecule has 2 N–H and O–H groups in total. The van der Waals surface area contributed by atoms with Crippen molar-refractivity contribution in [3.63, 3.8) is 0 Å². The van der Waals surface area contributed by atoms with Crippen LogP contribution in [0.5, 0.6) is 0 Å². The molecule has 1 rings (SSSR count). The standard InChI is InChI=1S/C12H19N3/c1-3-9-14-12(13)15(2)10-11-7-5-4-6-8-11/h4-8H,3,9-10H2,1-2H3,(H2,13,14). The van der Waals surface area contributed by atoms with Crippen LogP contribution in [0.15, 0.2) is 35.3 Å². The van der Waals surface area contributed by atoms with Gasteiger partial charge in [-0.05, 0) is 12.0 Å². The molecule has 0 bridgehead atoms. The van der Waals surface area contributed by atoms with Crippen LogP contribution in [0.25, 0.3) is 0 Å². The lowest BCUT2D eigenvalue weighted by atomic mass is 10.2. The molecule has 0 unspecified atom stereocenters. The number of benzene rings is 1. The van der Waals surface area contributed by atoms with E-state index in [0.29, 0.717) is 5.96 Å². The molecule has 1 aromatic carbocycles. The highest BCUT2D eigenvalue weighted by Crippen LogP contribution is 2.01. The molecule has 0 aliphatic rings. The molecule has 0 aliphatic heterocycles. The second-order valence-corrected chi connectivity index (χ2v) is 3.58. The SMILES string of the molecule is CCCN=C(N)N(C)Cc1ccccc1. The highest BCUT2D eigenvalue weighted by molar-refractivity contribution is 5.77. The quantitative estimate of drug-likeness (QED) is 0.602. The van der Waals surface area contributed by atoms with E-state index in [2.05, 4.69) is 24.0 Å². The van der Waals surface area contributed by atoms with E-state index in [1.165, 1.54) is 5.56 Å². The molecule has 0 spiro atoms. The topological polar surface area (TPSA) is 41.6 Å². The van der Waals surface area contributed by atoms with Crippen LogP contribution in [0.4, 0.5) is 0 Å². The monoisotopic (exact) mass is 205 g/mol. The third kappa shape index (κ3) is 4.02. The molecule has 0 saturated heterocycles. The van der Waals surface area contributed by atoms with Gasteiger partial charge in [-0.15, -0.1) is 0 Å². The van der Waals surface area contributed by atoms with Gasteiger partial charge in [-0.1, -0.05) is 37.3 Å². The summed E-state index contributed by atoms with van der Waals surface area (Å²) in [5, 5.41) is 0. The van der Waals surface area contributed by atoms with E-state index >= 15 is 0 Å². The van der Waals surface area contributed by atoms with Gasteiger partial charge in [-0.2, -0.15) is 0 Å². The summed E-state index contributed by atoms with van der Waals surface area (Å²) in [4.78, 5) is 6.22. The van der Waals surface area contributed by atoms with Crippen LogP contribution in [0.3, 0.4) is 0 Å². The Kier molecular flexibility index (Phi) is 4.68. The Balaban J connectivity index is 2.52. The van der Waals surface area contributed by atoms with Crippen LogP contribution in [-0.4, -0.2) is 24.5 Å². The van der Waals surface area contributed by atoms with Crippen molar-refractivity contribution in [1.82, 2.24) is 4.90 Å². The Morgan fingerprint density at radius 2 is 2.00 bits per heavy atom. The van der Waals surface area contributed by atoms with Crippen LogP contribution >= 0.6 is 0 Å². The maximum Gasteiger partial charge on any atom is 0.191 e. The van der Waals surface area contributed by atoms with Gasteiger partial charge in [0.05, 0.1) is 0 Å². The molecular weight excluding hydrogens is 186 g/mol. The van der Waals surface area contributed by atoms with Crippen LogP contribution in [0.2, 0.25) is 0 Å². The second kappa shape index (κ2) is 6.06. The molecule has 0 fully saturated rings.